The topological polar surface area (TPSA) is 46.0 Å². The summed E-state index contributed by atoms with van der Waals surface area (Å²) in [6.07, 6.45) is 2.97. The van der Waals surface area contributed by atoms with E-state index in [1.807, 2.05) is 0 Å². The Morgan fingerprint density at radius 1 is 1.86 bits per heavy atom. The third-order valence-electron chi connectivity index (χ3n) is 0.520. The highest BCUT2D eigenvalue weighted by atomic mass is 32.1. The van der Waals surface area contributed by atoms with Gasteiger partial charge in [0.05, 0.1) is 0 Å². The minimum absolute atomic E-state index is 0.292. The van der Waals surface area contributed by atoms with Crippen LogP contribution in [0.3, 0.4) is 0 Å². The normalized spacial score (nSPS) is 8.57. The summed E-state index contributed by atoms with van der Waals surface area (Å²) < 4.78 is 14.4. The molecule has 0 aliphatic rings. The number of rotatable bonds is 0. The Hall–Kier alpha value is -0.770. The van der Waals surface area contributed by atoms with Crippen LogP contribution < -0.4 is 0 Å². The molecule has 1 rings (SSSR count). The number of hydrogen-bond acceptors (Lipinski definition) is 2. The van der Waals surface area contributed by atoms with Gasteiger partial charge in [-0.3, -0.25) is 0 Å². The zero-order chi connectivity index (χ0) is 5.11. The van der Waals surface area contributed by atoms with Gasteiger partial charge in [0.25, 0.3) is 4.84 Å². The minimum Gasteiger partial charge on any atom is -0.437 e. The van der Waals surface area contributed by atoms with Crippen molar-refractivity contribution < 1.29 is 8.63 Å². The van der Waals surface area contributed by atoms with E-state index in [1.54, 1.807) is 6.20 Å². The molecule has 1 aromatic heterocycles. The molecule has 0 aliphatic carbocycles. The molecule has 0 aliphatic heterocycles. The maximum Gasteiger partial charge on any atom is 0.294 e. The van der Waals surface area contributed by atoms with Crippen LogP contribution in [0.25, 0.3) is 0 Å². The molecule has 0 bridgehead atoms. The molecule has 1 N–H and O–H groups in total. The Bertz CT molecular complexity index is 202. The fourth-order valence-corrected chi connectivity index (χ4v) is 0.487. The van der Waals surface area contributed by atoms with Gasteiger partial charge in [-0.15, -0.1) is 0 Å². The zero-order valence-electron chi connectivity index (χ0n) is 3.38. The summed E-state index contributed by atoms with van der Waals surface area (Å²) in [5.74, 6) is 0. The van der Waals surface area contributed by atoms with Crippen LogP contribution in [-0.2, 0) is 11.3 Å². The van der Waals surface area contributed by atoms with Crippen molar-refractivity contribution in [2.45, 2.75) is 0 Å². The van der Waals surface area contributed by atoms with E-state index in [0.29, 0.717) is 16.1 Å². The maximum absolute atomic E-state index is 9.78. The van der Waals surface area contributed by atoms with Gasteiger partial charge in [-0.05, 0) is 0 Å². The molecule has 1 aromatic rings. The van der Waals surface area contributed by atoms with Gasteiger partial charge in [0.1, 0.15) is 6.26 Å². The van der Waals surface area contributed by atoms with Crippen LogP contribution in [0.5, 0.6) is 0 Å². The number of oxazole rings is 1. The second-order valence-corrected chi connectivity index (χ2v) is 1.47. The molecule has 0 atom stereocenters. The Morgan fingerprint density at radius 2 is 2.71 bits per heavy atom. The average molecular weight is 117 g/mol. The molecule has 4 heteroatoms. The van der Waals surface area contributed by atoms with Gasteiger partial charge >= 0.3 is 0 Å². The van der Waals surface area contributed by atoms with Crippen LogP contribution in [0.4, 0.5) is 0 Å². The Balaban J connectivity index is 3.50. The van der Waals surface area contributed by atoms with Gasteiger partial charge in [-0.2, -0.15) is 0 Å². The first-order valence-electron chi connectivity index (χ1n) is 1.68. The van der Waals surface area contributed by atoms with Crippen LogP contribution in [0, 0.1) is 4.84 Å². The van der Waals surface area contributed by atoms with E-state index in [9.17, 15) is 4.21 Å². The molecule has 7 heavy (non-hydrogen) atoms. The number of hydrogen-bond donors (Lipinski definition) is 1. The van der Waals surface area contributed by atoms with Gasteiger partial charge in [-0.25, -0.2) is 4.21 Å². The largest absolute Gasteiger partial charge is 0.437 e. The lowest BCUT2D eigenvalue weighted by molar-refractivity contribution is 0.537. The first kappa shape index (κ1) is 4.39. The third kappa shape index (κ3) is 0.806. The van der Waals surface area contributed by atoms with Crippen molar-refractivity contribution in [2.24, 2.45) is 0 Å². The van der Waals surface area contributed by atoms with Crippen molar-refractivity contribution in [1.82, 2.24) is 4.98 Å². The fraction of sp³-hybridized carbons (Fsp3) is 0. The summed E-state index contributed by atoms with van der Waals surface area (Å²) in [5, 5.41) is 0. The quantitative estimate of drug-likeness (QED) is 0.498. The lowest BCUT2D eigenvalue weighted by atomic mass is 11.0. The van der Waals surface area contributed by atoms with E-state index in [2.05, 4.69) is 9.40 Å². The Morgan fingerprint density at radius 3 is 3.00 bits per heavy atom. The molecular formula is C3H3NO2S. The summed E-state index contributed by atoms with van der Waals surface area (Å²) in [6.45, 7) is 0. The standard InChI is InChI=1S/C3H3NO2S/c5-7-3-4-1-2-6-3/h1-2,4H. The highest BCUT2D eigenvalue weighted by Crippen LogP contribution is 1.77. The van der Waals surface area contributed by atoms with E-state index in [-0.39, 0.29) is 0 Å². The van der Waals surface area contributed by atoms with E-state index < -0.39 is 0 Å². The number of nitrogens with one attached hydrogen (secondary N) is 1. The van der Waals surface area contributed by atoms with E-state index in [4.69, 9.17) is 0 Å². The van der Waals surface area contributed by atoms with Crippen LogP contribution in [0.2, 0.25) is 0 Å². The maximum atomic E-state index is 9.78. The molecule has 0 amide bonds. The summed E-state index contributed by atoms with van der Waals surface area (Å²) in [4.78, 5) is 2.86. The van der Waals surface area contributed by atoms with Gasteiger partial charge in [-0.1, -0.05) is 0 Å². The molecule has 3 nitrogen and oxygen atoms in total. The third-order valence-corrected chi connectivity index (χ3v) is 0.885. The van der Waals surface area contributed by atoms with Gasteiger partial charge in [0.15, 0.2) is 11.3 Å². The lowest BCUT2D eigenvalue weighted by Gasteiger charge is -1.56. The van der Waals surface area contributed by atoms with Crippen LogP contribution in [-0.4, -0.2) is 9.19 Å². The smallest absolute Gasteiger partial charge is 0.294 e. The second-order valence-electron chi connectivity index (χ2n) is 0.936. The Labute approximate surface area is 43.1 Å². The zero-order valence-corrected chi connectivity index (χ0v) is 4.20. The van der Waals surface area contributed by atoms with E-state index >= 15 is 0 Å². The fourth-order valence-electron chi connectivity index (χ4n) is 0.276. The number of aromatic nitrogens is 1. The van der Waals surface area contributed by atoms with Gasteiger partial charge < -0.3 is 9.40 Å². The minimum atomic E-state index is 0.292. The first-order chi connectivity index (χ1) is 3.43. The molecule has 1 heterocycles. The molecule has 0 fully saturated rings. The number of H-pyrrole nitrogens is 1. The van der Waals surface area contributed by atoms with Crippen LogP contribution >= 0.6 is 0 Å². The number of aromatic amines is 1. The van der Waals surface area contributed by atoms with Gasteiger partial charge in [0, 0.05) is 6.20 Å². The van der Waals surface area contributed by atoms with Crippen molar-refractivity contribution in [3.05, 3.63) is 17.3 Å². The van der Waals surface area contributed by atoms with Crippen LogP contribution in [0.1, 0.15) is 0 Å². The van der Waals surface area contributed by atoms with Crippen molar-refractivity contribution >= 4 is 11.3 Å². The predicted molar refractivity (Wildman–Crippen MR) is 24.4 cm³/mol. The molecule has 0 aromatic carbocycles. The monoisotopic (exact) mass is 117 g/mol. The van der Waals surface area contributed by atoms with E-state index in [0.717, 1.165) is 0 Å². The molecule has 0 spiro atoms. The summed E-state index contributed by atoms with van der Waals surface area (Å²) in [5.41, 5.74) is 0. The van der Waals surface area contributed by atoms with Crippen molar-refractivity contribution in [1.29, 1.82) is 0 Å². The predicted octanol–water partition coefficient (Wildman–Crippen LogP) is 0.353. The van der Waals surface area contributed by atoms with Crippen molar-refractivity contribution in [2.75, 3.05) is 0 Å². The second kappa shape index (κ2) is 1.79. The average Bonchev–Trinajstić information content (AvgIpc) is 2.14. The first-order valence-corrected chi connectivity index (χ1v) is 2.42. The van der Waals surface area contributed by atoms with E-state index in [1.165, 1.54) is 6.26 Å². The highest BCUT2D eigenvalue weighted by Gasteiger charge is 1.72. The molecular weight excluding hydrogens is 114 g/mol. The van der Waals surface area contributed by atoms with Crippen molar-refractivity contribution in [3.63, 3.8) is 0 Å². The molecule has 38 valence electrons. The Kier molecular flexibility index (Phi) is 1.12. The summed E-state index contributed by atoms with van der Waals surface area (Å²) >= 11 is 0.303. The molecule has 0 radical (unpaired) electrons. The van der Waals surface area contributed by atoms with Crippen molar-refractivity contribution in [3.8, 4) is 0 Å². The van der Waals surface area contributed by atoms with Gasteiger partial charge in [0.2, 0.25) is 0 Å². The molecule has 0 saturated heterocycles. The SMILES string of the molecule is O=S=c1[nH]cco1. The summed E-state index contributed by atoms with van der Waals surface area (Å²) in [6, 6.07) is 0. The summed E-state index contributed by atoms with van der Waals surface area (Å²) in [7, 11) is 0. The molecule has 0 unspecified atom stereocenters. The molecule has 0 saturated carbocycles. The highest BCUT2D eigenvalue weighted by molar-refractivity contribution is 7.56. The van der Waals surface area contributed by atoms with Crippen LogP contribution in [0.15, 0.2) is 16.9 Å². The lowest BCUT2D eigenvalue weighted by Crippen LogP contribution is -1.55.